The van der Waals surface area contributed by atoms with Crippen LogP contribution >= 0.6 is 15.9 Å². The van der Waals surface area contributed by atoms with E-state index < -0.39 is 0 Å². The first-order valence-electron chi connectivity index (χ1n) is 6.76. The van der Waals surface area contributed by atoms with Crippen molar-refractivity contribution in [1.82, 2.24) is 9.88 Å². The third-order valence-electron chi connectivity index (χ3n) is 3.04. The molecule has 2 aromatic rings. The molecule has 116 valence electrons. The van der Waals surface area contributed by atoms with Crippen LogP contribution in [0.1, 0.15) is 16.7 Å². The summed E-state index contributed by atoms with van der Waals surface area (Å²) in [4.78, 5) is 10.2. The van der Waals surface area contributed by atoms with Gasteiger partial charge in [0.2, 0.25) is 0 Å². The first-order chi connectivity index (χ1) is 11.5. The maximum Gasteiger partial charge on any atom is 0.173 e. The number of aromatic nitrogens is 1. The molecule has 6 nitrogen and oxygen atoms in total. The van der Waals surface area contributed by atoms with Gasteiger partial charge in [0, 0.05) is 24.1 Å². The van der Waals surface area contributed by atoms with E-state index in [2.05, 4.69) is 25.9 Å². The summed E-state index contributed by atoms with van der Waals surface area (Å²) in [7, 11) is 3.56. The van der Waals surface area contributed by atoms with E-state index in [1.807, 2.05) is 30.3 Å². The molecular weight excluding hydrogens is 368 g/mol. The summed E-state index contributed by atoms with van der Waals surface area (Å²) in [6, 6.07) is 13.0. The van der Waals surface area contributed by atoms with E-state index in [4.69, 9.17) is 0 Å². The maximum absolute atomic E-state index is 9.47. The second kappa shape index (κ2) is 7.37. The maximum atomic E-state index is 9.47. The Kier molecular flexibility index (Phi) is 5.27. The van der Waals surface area contributed by atoms with E-state index in [1.165, 1.54) is 6.34 Å². The molecular formula is C17H11BrN6. The van der Waals surface area contributed by atoms with Crippen LogP contribution in [0.5, 0.6) is 0 Å². The van der Waals surface area contributed by atoms with Gasteiger partial charge < -0.3 is 4.90 Å². The number of halogens is 1. The lowest BCUT2D eigenvalue weighted by molar-refractivity contribution is 0.643. The largest absolute Gasteiger partial charge is 0.369 e. The Balaban J connectivity index is 2.82. The Hall–Kier alpha value is -3.21. The molecule has 2 rings (SSSR count). The number of rotatable bonds is 3. The molecule has 1 heterocycles. The molecule has 0 atom stereocenters. The van der Waals surface area contributed by atoms with Gasteiger partial charge >= 0.3 is 0 Å². The van der Waals surface area contributed by atoms with Crippen molar-refractivity contribution in [3.63, 3.8) is 0 Å². The summed E-state index contributed by atoms with van der Waals surface area (Å²) in [5, 5.41) is 28.3. The number of hydrogen-bond acceptors (Lipinski definition) is 5. The van der Waals surface area contributed by atoms with Gasteiger partial charge in [0.15, 0.2) is 5.82 Å². The summed E-state index contributed by atoms with van der Waals surface area (Å²) < 4.78 is 0.879. The lowest BCUT2D eigenvalue weighted by atomic mass is 9.98. The number of pyridine rings is 1. The highest BCUT2D eigenvalue weighted by molar-refractivity contribution is 9.10. The third-order valence-corrected chi connectivity index (χ3v) is 3.57. The highest BCUT2D eigenvalue weighted by Crippen LogP contribution is 2.31. The van der Waals surface area contributed by atoms with Gasteiger partial charge in [-0.25, -0.2) is 9.98 Å². The molecule has 0 spiro atoms. The molecule has 0 N–H and O–H groups in total. The van der Waals surface area contributed by atoms with Gasteiger partial charge in [-0.2, -0.15) is 15.8 Å². The molecule has 24 heavy (non-hydrogen) atoms. The Bertz CT molecular complexity index is 924. The number of aliphatic imine (C=N–C) groups is 1. The van der Waals surface area contributed by atoms with Crippen LogP contribution in [-0.4, -0.2) is 30.3 Å². The van der Waals surface area contributed by atoms with Gasteiger partial charge in [-0.15, -0.1) is 0 Å². The predicted molar refractivity (Wildman–Crippen MR) is 93.4 cm³/mol. The molecule has 0 amide bonds. The van der Waals surface area contributed by atoms with Crippen molar-refractivity contribution in [3.05, 3.63) is 45.4 Å². The van der Waals surface area contributed by atoms with E-state index in [9.17, 15) is 15.8 Å². The van der Waals surface area contributed by atoms with Crippen LogP contribution < -0.4 is 0 Å². The fourth-order valence-electron chi connectivity index (χ4n) is 1.98. The molecule has 0 fully saturated rings. The number of hydrogen-bond donors (Lipinski definition) is 0. The van der Waals surface area contributed by atoms with Crippen molar-refractivity contribution in [2.45, 2.75) is 0 Å². The minimum absolute atomic E-state index is 0.00647. The standard InChI is InChI=1S/C17H11BrN6/c1-24(2)10-22-17-15(9-21)13(7-19)14(8-20)16(23-17)11-3-5-12(18)6-4-11/h3-6,10H,1-2H3/b22-10+. The molecule has 7 heteroatoms. The zero-order chi connectivity index (χ0) is 17.7. The van der Waals surface area contributed by atoms with Gasteiger partial charge in [-0.05, 0) is 12.1 Å². The highest BCUT2D eigenvalue weighted by Gasteiger charge is 2.20. The van der Waals surface area contributed by atoms with Crippen LogP contribution in [0.15, 0.2) is 33.7 Å². The van der Waals surface area contributed by atoms with Crippen molar-refractivity contribution < 1.29 is 0 Å². The third kappa shape index (κ3) is 3.41. The molecule has 0 saturated heterocycles. The minimum Gasteiger partial charge on any atom is -0.369 e. The zero-order valence-electron chi connectivity index (χ0n) is 12.9. The van der Waals surface area contributed by atoms with Gasteiger partial charge in [0.1, 0.15) is 23.8 Å². The predicted octanol–water partition coefficient (Wildman–Crippen LogP) is 3.35. The lowest BCUT2D eigenvalue weighted by Crippen LogP contribution is -2.08. The van der Waals surface area contributed by atoms with Crippen LogP contribution in [0.4, 0.5) is 5.82 Å². The minimum atomic E-state index is -0.0150. The number of benzene rings is 1. The molecule has 0 bridgehead atoms. The van der Waals surface area contributed by atoms with E-state index >= 15 is 0 Å². The molecule has 0 unspecified atom stereocenters. The van der Waals surface area contributed by atoms with Crippen LogP contribution in [0.25, 0.3) is 11.3 Å². The number of nitrogens with zero attached hydrogens (tertiary/aromatic N) is 6. The zero-order valence-corrected chi connectivity index (χ0v) is 14.5. The molecule has 0 saturated carbocycles. The average molecular weight is 379 g/mol. The van der Waals surface area contributed by atoms with Crippen molar-refractivity contribution in [3.8, 4) is 29.5 Å². The molecule has 0 radical (unpaired) electrons. The lowest BCUT2D eigenvalue weighted by Gasteiger charge is -2.10. The topological polar surface area (TPSA) is 99.9 Å². The molecule has 0 aliphatic carbocycles. The fraction of sp³-hybridized carbons (Fsp3) is 0.118. The van der Waals surface area contributed by atoms with Crippen molar-refractivity contribution in [2.24, 2.45) is 4.99 Å². The van der Waals surface area contributed by atoms with Gasteiger partial charge in [-0.3, -0.25) is 0 Å². The summed E-state index contributed by atoms with van der Waals surface area (Å²) in [6.45, 7) is 0. The van der Waals surface area contributed by atoms with Crippen molar-refractivity contribution >= 4 is 28.1 Å². The smallest absolute Gasteiger partial charge is 0.173 e. The SMILES string of the molecule is CN(C)/C=N/c1nc(-c2ccc(Br)cc2)c(C#N)c(C#N)c1C#N. The Labute approximate surface area is 148 Å². The summed E-state index contributed by atoms with van der Waals surface area (Å²) in [6.07, 6.45) is 1.49. The number of nitriles is 3. The normalized spacial score (nSPS) is 10.0. The van der Waals surface area contributed by atoms with Crippen molar-refractivity contribution in [1.29, 1.82) is 15.8 Å². The summed E-state index contributed by atoms with van der Waals surface area (Å²) >= 11 is 3.35. The van der Waals surface area contributed by atoms with E-state index in [0.29, 0.717) is 11.3 Å². The fourth-order valence-corrected chi connectivity index (χ4v) is 2.24. The van der Waals surface area contributed by atoms with Crippen LogP contribution in [0.2, 0.25) is 0 Å². The Morgan fingerprint density at radius 3 is 2.08 bits per heavy atom. The van der Waals surface area contributed by atoms with Gasteiger partial charge in [0.05, 0.1) is 23.2 Å². The van der Waals surface area contributed by atoms with Gasteiger partial charge in [-0.1, -0.05) is 28.1 Å². The molecule has 0 aliphatic rings. The molecule has 0 aliphatic heterocycles. The molecule has 1 aromatic heterocycles. The summed E-state index contributed by atoms with van der Waals surface area (Å²) in [5.41, 5.74) is 1.04. The first kappa shape index (κ1) is 17.1. The monoisotopic (exact) mass is 378 g/mol. The quantitative estimate of drug-likeness (QED) is 0.601. The second-order valence-electron chi connectivity index (χ2n) is 4.96. The summed E-state index contributed by atoms with van der Waals surface area (Å²) in [5.74, 6) is 0.111. The van der Waals surface area contributed by atoms with E-state index in [1.54, 1.807) is 31.1 Å². The second-order valence-corrected chi connectivity index (χ2v) is 5.88. The van der Waals surface area contributed by atoms with Crippen LogP contribution in [0, 0.1) is 34.0 Å². The van der Waals surface area contributed by atoms with Gasteiger partial charge in [0.25, 0.3) is 0 Å². The van der Waals surface area contributed by atoms with E-state index in [-0.39, 0.29) is 22.5 Å². The average Bonchev–Trinajstić information content (AvgIpc) is 2.58. The van der Waals surface area contributed by atoms with E-state index in [0.717, 1.165) is 4.47 Å². The molecule has 1 aromatic carbocycles. The van der Waals surface area contributed by atoms with Crippen LogP contribution in [0.3, 0.4) is 0 Å². The van der Waals surface area contributed by atoms with Crippen molar-refractivity contribution in [2.75, 3.05) is 14.1 Å². The highest BCUT2D eigenvalue weighted by atomic mass is 79.9. The Morgan fingerprint density at radius 2 is 1.58 bits per heavy atom. The van der Waals surface area contributed by atoms with Crippen LogP contribution in [-0.2, 0) is 0 Å². The Morgan fingerprint density at radius 1 is 1.00 bits per heavy atom. The first-order valence-corrected chi connectivity index (χ1v) is 7.56.